The number of hydrogen-bond donors (Lipinski definition) is 1. The van der Waals surface area contributed by atoms with E-state index in [1.807, 2.05) is 36.4 Å². The van der Waals surface area contributed by atoms with E-state index in [1.165, 1.54) is 57.8 Å². The molecule has 0 bridgehead atoms. The molecule has 0 aliphatic heterocycles. The van der Waals surface area contributed by atoms with Crippen molar-refractivity contribution in [3.05, 3.63) is 36.4 Å². The van der Waals surface area contributed by atoms with Gasteiger partial charge >= 0.3 is 5.97 Å². The van der Waals surface area contributed by atoms with E-state index in [1.54, 1.807) is 0 Å². The Balaban J connectivity index is 0.000000604. The minimum atomic E-state index is -0.657. The van der Waals surface area contributed by atoms with Gasteiger partial charge in [-0.25, -0.2) is 0 Å². The first-order chi connectivity index (χ1) is 10.8. The van der Waals surface area contributed by atoms with Gasteiger partial charge in [0.15, 0.2) is 0 Å². The van der Waals surface area contributed by atoms with Gasteiger partial charge in [0.25, 0.3) is 0 Å². The van der Waals surface area contributed by atoms with Gasteiger partial charge in [-0.05, 0) is 6.42 Å². The molecule has 0 atom stereocenters. The fourth-order valence-corrected chi connectivity index (χ4v) is 2.33. The summed E-state index contributed by atoms with van der Waals surface area (Å²) in [7, 11) is 0. The van der Waals surface area contributed by atoms with Crippen molar-refractivity contribution in [3.8, 4) is 0 Å². The Labute approximate surface area is 137 Å². The van der Waals surface area contributed by atoms with Crippen molar-refractivity contribution in [2.75, 3.05) is 0 Å². The van der Waals surface area contributed by atoms with Gasteiger partial charge in [0, 0.05) is 6.42 Å². The number of carbonyl (C=O) groups is 1. The Morgan fingerprint density at radius 3 is 1.27 bits per heavy atom. The van der Waals surface area contributed by atoms with Gasteiger partial charge in [-0.1, -0.05) is 108 Å². The molecule has 22 heavy (non-hydrogen) atoms. The molecule has 0 unspecified atom stereocenters. The molecule has 1 N–H and O–H groups in total. The number of carboxylic acids is 1. The molecule has 0 heterocycles. The lowest BCUT2D eigenvalue weighted by atomic mass is 10.1. The topological polar surface area (TPSA) is 37.3 Å². The Bertz CT molecular complexity index is 295. The summed E-state index contributed by atoms with van der Waals surface area (Å²) in [5.41, 5.74) is 0. The zero-order chi connectivity index (χ0) is 16.3. The van der Waals surface area contributed by atoms with Crippen molar-refractivity contribution < 1.29 is 9.90 Å². The third kappa shape index (κ3) is 18.7. The van der Waals surface area contributed by atoms with E-state index in [4.69, 9.17) is 5.11 Å². The summed E-state index contributed by atoms with van der Waals surface area (Å²) < 4.78 is 0. The fraction of sp³-hybridized carbons (Fsp3) is 0.650. The van der Waals surface area contributed by atoms with Crippen LogP contribution in [0.5, 0.6) is 0 Å². The van der Waals surface area contributed by atoms with Gasteiger partial charge in [0.05, 0.1) is 0 Å². The van der Waals surface area contributed by atoms with Crippen LogP contribution < -0.4 is 0 Å². The number of hydrogen-bond acceptors (Lipinski definition) is 1. The maximum Gasteiger partial charge on any atom is 0.303 e. The Kier molecular flexibility index (Phi) is 16.7. The molecule has 0 amide bonds. The molecule has 0 saturated carbocycles. The molecule has 0 fully saturated rings. The van der Waals surface area contributed by atoms with Gasteiger partial charge < -0.3 is 5.11 Å². The first kappa shape index (κ1) is 20.7. The summed E-state index contributed by atoms with van der Waals surface area (Å²) in [6.45, 7) is 2.25. The molecule has 1 aromatic carbocycles. The predicted molar refractivity (Wildman–Crippen MR) is 95.2 cm³/mol. The second kappa shape index (κ2) is 17.7. The quantitative estimate of drug-likeness (QED) is 0.450. The standard InChI is InChI=1S/C14H28O2.C6H6/c1-2-3-4-5-6-7-8-9-10-11-12-13-14(15)16;1-2-4-6-5-3-1/h2-13H2,1H3,(H,15,16);1-6H. The lowest BCUT2D eigenvalue weighted by Gasteiger charge is -2.01. The highest BCUT2D eigenvalue weighted by molar-refractivity contribution is 5.66. The third-order valence-corrected chi connectivity index (χ3v) is 3.66. The van der Waals surface area contributed by atoms with Gasteiger partial charge in [0.2, 0.25) is 0 Å². The van der Waals surface area contributed by atoms with Crippen LogP contribution in [-0.4, -0.2) is 11.1 Å². The number of carboxylic acid groups (broad SMARTS) is 1. The first-order valence-corrected chi connectivity index (χ1v) is 8.99. The summed E-state index contributed by atoms with van der Waals surface area (Å²) >= 11 is 0. The smallest absolute Gasteiger partial charge is 0.303 e. The molecule has 0 radical (unpaired) electrons. The molecule has 2 nitrogen and oxygen atoms in total. The van der Waals surface area contributed by atoms with Crippen LogP contribution in [0.4, 0.5) is 0 Å². The lowest BCUT2D eigenvalue weighted by Crippen LogP contribution is -1.93. The van der Waals surface area contributed by atoms with Crippen LogP contribution in [0.15, 0.2) is 36.4 Å². The highest BCUT2D eigenvalue weighted by Gasteiger charge is 1.96. The van der Waals surface area contributed by atoms with Crippen LogP contribution in [0.1, 0.15) is 84.0 Å². The minimum Gasteiger partial charge on any atom is -0.481 e. The summed E-state index contributed by atoms with van der Waals surface area (Å²) in [5, 5.41) is 8.46. The second-order valence-electron chi connectivity index (χ2n) is 5.83. The largest absolute Gasteiger partial charge is 0.481 e. The van der Waals surface area contributed by atoms with E-state index in [9.17, 15) is 4.79 Å². The van der Waals surface area contributed by atoms with Crippen molar-refractivity contribution in [2.45, 2.75) is 84.0 Å². The molecule has 0 saturated heterocycles. The maximum atomic E-state index is 10.3. The van der Waals surface area contributed by atoms with Gasteiger partial charge in [-0.2, -0.15) is 0 Å². The van der Waals surface area contributed by atoms with E-state index >= 15 is 0 Å². The van der Waals surface area contributed by atoms with Gasteiger partial charge in [0.1, 0.15) is 0 Å². The van der Waals surface area contributed by atoms with Gasteiger partial charge in [-0.15, -0.1) is 0 Å². The summed E-state index contributed by atoms with van der Waals surface area (Å²) in [6, 6.07) is 12.0. The van der Waals surface area contributed by atoms with Crippen LogP contribution in [-0.2, 0) is 4.79 Å². The number of rotatable bonds is 12. The second-order valence-corrected chi connectivity index (χ2v) is 5.83. The SMILES string of the molecule is CCCCCCCCCCCCCC(=O)O.c1ccccc1. The molecule has 0 aromatic heterocycles. The highest BCUT2D eigenvalue weighted by atomic mass is 16.4. The van der Waals surface area contributed by atoms with E-state index < -0.39 is 5.97 Å². The minimum absolute atomic E-state index is 0.344. The summed E-state index contributed by atoms with van der Waals surface area (Å²) in [6.07, 6.45) is 14.4. The Morgan fingerprint density at radius 2 is 0.955 bits per heavy atom. The van der Waals surface area contributed by atoms with E-state index in [0.29, 0.717) is 6.42 Å². The van der Waals surface area contributed by atoms with Crippen molar-refractivity contribution in [1.29, 1.82) is 0 Å². The highest BCUT2D eigenvalue weighted by Crippen LogP contribution is 2.11. The average molecular weight is 306 g/mol. The molecule has 0 spiro atoms. The van der Waals surface area contributed by atoms with E-state index in [-0.39, 0.29) is 0 Å². The fourth-order valence-electron chi connectivity index (χ4n) is 2.33. The monoisotopic (exact) mass is 306 g/mol. The van der Waals surface area contributed by atoms with E-state index in [2.05, 4.69) is 6.92 Å². The first-order valence-electron chi connectivity index (χ1n) is 8.99. The molecule has 0 aliphatic rings. The van der Waals surface area contributed by atoms with Crippen molar-refractivity contribution in [3.63, 3.8) is 0 Å². The normalized spacial score (nSPS) is 9.86. The van der Waals surface area contributed by atoms with E-state index in [0.717, 1.165) is 12.8 Å². The number of unbranched alkanes of at least 4 members (excludes halogenated alkanes) is 10. The zero-order valence-electron chi connectivity index (χ0n) is 14.3. The van der Waals surface area contributed by atoms with Crippen LogP contribution in [0.25, 0.3) is 0 Å². The van der Waals surface area contributed by atoms with Crippen LogP contribution in [0.3, 0.4) is 0 Å². The molecule has 1 rings (SSSR count). The van der Waals surface area contributed by atoms with Crippen LogP contribution in [0, 0.1) is 0 Å². The maximum absolute atomic E-state index is 10.3. The molecule has 126 valence electrons. The zero-order valence-corrected chi connectivity index (χ0v) is 14.3. The van der Waals surface area contributed by atoms with Crippen molar-refractivity contribution in [2.24, 2.45) is 0 Å². The molecule has 0 aliphatic carbocycles. The van der Waals surface area contributed by atoms with Gasteiger partial charge in [-0.3, -0.25) is 4.79 Å². The van der Waals surface area contributed by atoms with Crippen LogP contribution >= 0.6 is 0 Å². The Morgan fingerprint density at radius 1 is 0.636 bits per heavy atom. The van der Waals surface area contributed by atoms with Crippen LogP contribution in [0.2, 0.25) is 0 Å². The third-order valence-electron chi connectivity index (χ3n) is 3.66. The summed E-state index contributed by atoms with van der Waals surface area (Å²) in [4.78, 5) is 10.3. The van der Waals surface area contributed by atoms with Crippen molar-refractivity contribution >= 4 is 5.97 Å². The number of aliphatic carboxylic acids is 1. The molecular formula is C20H34O2. The Hall–Kier alpha value is -1.31. The number of benzene rings is 1. The lowest BCUT2D eigenvalue weighted by molar-refractivity contribution is -0.137. The predicted octanol–water partition coefficient (Wildman–Crippen LogP) is 6.46. The molecular weight excluding hydrogens is 272 g/mol. The molecule has 2 heteroatoms. The van der Waals surface area contributed by atoms with Crippen molar-refractivity contribution in [1.82, 2.24) is 0 Å². The molecule has 1 aromatic rings. The summed E-state index contributed by atoms with van der Waals surface area (Å²) in [5.74, 6) is -0.657. The average Bonchev–Trinajstić information content (AvgIpc) is 2.54.